The summed E-state index contributed by atoms with van der Waals surface area (Å²) in [5.41, 5.74) is 1.15. The van der Waals surface area contributed by atoms with E-state index < -0.39 is 0 Å². The van der Waals surface area contributed by atoms with Crippen molar-refractivity contribution in [2.45, 2.75) is 91.1 Å². The number of hydrogen-bond donors (Lipinski definition) is 1. The predicted octanol–water partition coefficient (Wildman–Crippen LogP) is 6.40. The summed E-state index contributed by atoms with van der Waals surface area (Å²) >= 11 is 2.07. The summed E-state index contributed by atoms with van der Waals surface area (Å²) in [7, 11) is 0. The maximum Gasteiger partial charge on any atom is 0.0543 e. The highest BCUT2D eigenvalue weighted by molar-refractivity contribution is 7.98. The molecule has 4 aliphatic carbocycles. The normalized spacial score (nSPS) is 52.0. The van der Waals surface area contributed by atoms with Crippen molar-refractivity contribution < 1.29 is 5.11 Å². The van der Waals surface area contributed by atoms with Gasteiger partial charge in [-0.3, -0.25) is 0 Å². The van der Waals surface area contributed by atoms with Gasteiger partial charge in [-0.05, 0) is 116 Å². The molecule has 1 nitrogen and oxygen atoms in total. The minimum absolute atomic E-state index is 0.00815. The molecule has 4 fully saturated rings. The van der Waals surface area contributed by atoms with Gasteiger partial charge in [-0.25, -0.2) is 0 Å². The Morgan fingerprint density at radius 3 is 2.42 bits per heavy atom. The largest absolute Gasteiger partial charge is 0.393 e. The Morgan fingerprint density at radius 1 is 0.962 bits per heavy atom. The number of fused-ring (bicyclic) bond motifs is 5. The molecule has 0 aliphatic heterocycles. The second-order valence-corrected chi connectivity index (χ2v) is 11.8. The fourth-order valence-electron chi connectivity index (χ4n) is 8.78. The Hall–Kier alpha value is 0.310. The van der Waals surface area contributed by atoms with Crippen molar-refractivity contribution >= 4 is 11.8 Å². The van der Waals surface area contributed by atoms with E-state index in [2.05, 4.69) is 38.8 Å². The van der Waals surface area contributed by atoms with Crippen LogP contribution in [-0.2, 0) is 0 Å². The van der Waals surface area contributed by atoms with Crippen molar-refractivity contribution in [1.82, 2.24) is 0 Å². The molecular formula is C24H42OS. The molecule has 9 unspecified atom stereocenters. The molecule has 0 spiro atoms. The van der Waals surface area contributed by atoms with Gasteiger partial charge in [0.2, 0.25) is 0 Å². The monoisotopic (exact) mass is 378 g/mol. The summed E-state index contributed by atoms with van der Waals surface area (Å²) in [6.07, 6.45) is 15.9. The fourth-order valence-corrected chi connectivity index (χ4v) is 9.68. The Bertz CT molecular complexity index is 506. The summed E-state index contributed by atoms with van der Waals surface area (Å²) in [4.78, 5) is 0. The first-order valence-electron chi connectivity index (χ1n) is 11.6. The fraction of sp³-hybridized carbons (Fsp3) is 1.00. The molecule has 4 rings (SSSR count). The lowest BCUT2D eigenvalue weighted by molar-refractivity contribution is -0.129. The molecule has 1 N–H and O–H groups in total. The molecular weight excluding hydrogens is 336 g/mol. The van der Waals surface area contributed by atoms with E-state index in [1.54, 1.807) is 0 Å². The van der Waals surface area contributed by atoms with Crippen molar-refractivity contribution in [3.05, 3.63) is 0 Å². The van der Waals surface area contributed by atoms with Crippen LogP contribution in [0.2, 0.25) is 0 Å². The third-order valence-corrected chi connectivity index (χ3v) is 10.9. The molecule has 0 amide bonds. The van der Waals surface area contributed by atoms with Crippen LogP contribution in [0, 0.1) is 46.3 Å². The first kappa shape index (κ1) is 19.6. The van der Waals surface area contributed by atoms with Gasteiger partial charge in [0.25, 0.3) is 0 Å². The van der Waals surface area contributed by atoms with Gasteiger partial charge in [-0.1, -0.05) is 27.2 Å². The molecule has 0 radical (unpaired) electrons. The number of hydrogen-bond acceptors (Lipinski definition) is 2. The zero-order chi connectivity index (χ0) is 18.5. The summed E-state index contributed by atoms with van der Waals surface area (Å²) in [5.74, 6) is 7.02. The molecule has 4 saturated carbocycles. The molecule has 0 bridgehead atoms. The number of rotatable bonds is 4. The van der Waals surface area contributed by atoms with E-state index in [0.29, 0.717) is 10.8 Å². The van der Waals surface area contributed by atoms with Gasteiger partial charge in [-0.2, -0.15) is 11.8 Å². The van der Waals surface area contributed by atoms with Crippen LogP contribution in [0.15, 0.2) is 0 Å². The van der Waals surface area contributed by atoms with Crippen LogP contribution < -0.4 is 0 Å². The lowest BCUT2D eigenvalue weighted by Gasteiger charge is -2.61. The van der Waals surface area contributed by atoms with Crippen LogP contribution in [0.25, 0.3) is 0 Å². The zero-order valence-corrected chi connectivity index (χ0v) is 18.5. The van der Waals surface area contributed by atoms with E-state index in [1.165, 1.54) is 57.1 Å². The summed E-state index contributed by atoms with van der Waals surface area (Å²) in [6.45, 7) is 7.76. The molecule has 0 aromatic carbocycles. The van der Waals surface area contributed by atoms with Crippen LogP contribution in [0.4, 0.5) is 0 Å². The predicted molar refractivity (Wildman–Crippen MR) is 113 cm³/mol. The van der Waals surface area contributed by atoms with Gasteiger partial charge in [0.15, 0.2) is 0 Å². The first-order valence-corrected chi connectivity index (χ1v) is 13.0. The van der Waals surface area contributed by atoms with Crippen LogP contribution in [0.1, 0.15) is 85.0 Å². The Kier molecular flexibility index (Phi) is 5.50. The number of aliphatic hydroxyl groups is 1. The van der Waals surface area contributed by atoms with Gasteiger partial charge < -0.3 is 5.11 Å². The molecule has 0 heterocycles. The molecule has 150 valence electrons. The maximum atomic E-state index is 10.2. The lowest BCUT2D eigenvalue weighted by Crippen LogP contribution is -2.54. The molecule has 26 heavy (non-hydrogen) atoms. The highest BCUT2D eigenvalue weighted by Gasteiger charge is 2.60. The maximum absolute atomic E-state index is 10.2. The SMILES string of the molecule is CCC(CSC)C1CCC2C3CCC4CC(O)CCC4(C)C3CCC12C. The topological polar surface area (TPSA) is 20.2 Å². The van der Waals surface area contributed by atoms with Gasteiger partial charge in [-0.15, -0.1) is 0 Å². The van der Waals surface area contributed by atoms with Crippen molar-refractivity contribution in [3.8, 4) is 0 Å². The second-order valence-electron chi connectivity index (χ2n) is 10.9. The van der Waals surface area contributed by atoms with Gasteiger partial charge in [0, 0.05) is 0 Å². The van der Waals surface area contributed by atoms with Gasteiger partial charge >= 0.3 is 0 Å². The van der Waals surface area contributed by atoms with E-state index in [1.807, 2.05) is 0 Å². The number of thioether (sulfide) groups is 1. The third-order valence-electron chi connectivity index (χ3n) is 10.2. The minimum atomic E-state index is -0.00815. The van der Waals surface area contributed by atoms with E-state index in [-0.39, 0.29) is 6.10 Å². The quantitative estimate of drug-likeness (QED) is 0.611. The summed E-state index contributed by atoms with van der Waals surface area (Å²) in [6, 6.07) is 0. The lowest BCUT2D eigenvalue weighted by atomic mass is 9.44. The highest BCUT2D eigenvalue weighted by Crippen LogP contribution is 2.68. The highest BCUT2D eigenvalue weighted by atomic mass is 32.2. The van der Waals surface area contributed by atoms with Crippen molar-refractivity contribution in [2.24, 2.45) is 46.3 Å². The third kappa shape index (κ3) is 2.92. The minimum Gasteiger partial charge on any atom is -0.393 e. The molecule has 0 saturated heterocycles. The van der Waals surface area contributed by atoms with E-state index in [9.17, 15) is 5.11 Å². The Balaban J connectivity index is 1.56. The first-order chi connectivity index (χ1) is 12.4. The van der Waals surface area contributed by atoms with Crippen LogP contribution in [-0.4, -0.2) is 23.2 Å². The van der Waals surface area contributed by atoms with E-state index in [4.69, 9.17) is 0 Å². The zero-order valence-electron chi connectivity index (χ0n) is 17.7. The van der Waals surface area contributed by atoms with Crippen molar-refractivity contribution in [1.29, 1.82) is 0 Å². The van der Waals surface area contributed by atoms with Crippen molar-refractivity contribution in [3.63, 3.8) is 0 Å². The molecule has 2 heteroatoms. The smallest absolute Gasteiger partial charge is 0.0543 e. The van der Waals surface area contributed by atoms with Gasteiger partial charge in [0.05, 0.1) is 6.10 Å². The average molecular weight is 379 g/mol. The van der Waals surface area contributed by atoms with Gasteiger partial charge in [0.1, 0.15) is 0 Å². The van der Waals surface area contributed by atoms with Crippen molar-refractivity contribution in [2.75, 3.05) is 12.0 Å². The number of aliphatic hydroxyl groups excluding tert-OH is 1. The summed E-state index contributed by atoms with van der Waals surface area (Å²) in [5, 5.41) is 10.2. The van der Waals surface area contributed by atoms with Crippen LogP contribution in [0.5, 0.6) is 0 Å². The molecule has 0 aromatic rings. The molecule has 9 atom stereocenters. The molecule has 4 aliphatic rings. The van der Waals surface area contributed by atoms with Crippen LogP contribution >= 0.6 is 11.8 Å². The van der Waals surface area contributed by atoms with E-state index in [0.717, 1.165) is 48.3 Å². The standard InChI is InChI=1S/C24H42OS/c1-5-16(15-26-4)20-8-9-21-19-7-6-17-14-18(25)10-12-23(17,2)22(19)11-13-24(20,21)3/h16-22,25H,5-15H2,1-4H3. The second kappa shape index (κ2) is 7.29. The summed E-state index contributed by atoms with van der Waals surface area (Å²) < 4.78 is 0. The Morgan fingerprint density at radius 2 is 1.69 bits per heavy atom. The average Bonchev–Trinajstić information content (AvgIpc) is 2.97. The molecule has 0 aromatic heterocycles. The van der Waals surface area contributed by atoms with Crippen LogP contribution in [0.3, 0.4) is 0 Å². The Labute approximate surface area is 166 Å². The van der Waals surface area contributed by atoms with E-state index >= 15 is 0 Å².